The van der Waals surface area contributed by atoms with E-state index in [0.717, 1.165) is 15.9 Å². The van der Waals surface area contributed by atoms with E-state index < -0.39 is 0 Å². The van der Waals surface area contributed by atoms with Crippen molar-refractivity contribution in [2.24, 2.45) is 0 Å². The number of nitrogen functional groups attached to an aromatic ring is 1. The molecule has 2 rings (SSSR count). The summed E-state index contributed by atoms with van der Waals surface area (Å²) in [5, 5.41) is 3.18. The molecule has 1 aromatic heterocycles. The Hall–Kier alpha value is -1.95. The Morgan fingerprint density at radius 2 is 2.10 bits per heavy atom. The van der Waals surface area contributed by atoms with E-state index >= 15 is 0 Å². The zero-order valence-electron chi connectivity index (χ0n) is 11.3. The molecule has 0 amide bonds. The first-order chi connectivity index (χ1) is 9.63. The number of aromatic nitrogens is 1. The summed E-state index contributed by atoms with van der Waals surface area (Å²) in [4.78, 5) is 4.32. The van der Waals surface area contributed by atoms with Crippen molar-refractivity contribution < 1.29 is 9.47 Å². The molecular formula is C14H16BrN3O2. The van der Waals surface area contributed by atoms with Crippen LogP contribution in [0.25, 0.3) is 0 Å². The molecule has 0 saturated carbocycles. The van der Waals surface area contributed by atoms with Gasteiger partial charge in [0.15, 0.2) is 0 Å². The van der Waals surface area contributed by atoms with Crippen LogP contribution in [0.15, 0.2) is 34.8 Å². The standard InChI is InChI=1S/C14H16BrN3O2/c1-3-20-14-11(16)6-7-13(18-14)17-9-4-5-10(15)12(8-9)19-2/h4-8H,3,16H2,1-2H3,(H,17,18). The fraction of sp³-hybridized carbons (Fsp3) is 0.214. The van der Waals surface area contributed by atoms with Crippen LogP contribution >= 0.6 is 15.9 Å². The summed E-state index contributed by atoms with van der Waals surface area (Å²) in [6, 6.07) is 9.26. The van der Waals surface area contributed by atoms with Crippen molar-refractivity contribution in [2.45, 2.75) is 6.92 Å². The molecule has 0 atom stereocenters. The maximum absolute atomic E-state index is 5.79. The normalized spacial score (nSPS) is 10.2. The molecule has 2 aromatic rings. The third-order valence-corrected chi connectivity index (χ3v) is 3.25. The highest BCUT2D eigenvalue weighted by Gasteiger charge is 2.06. The lowest BCUT2D eigenvalue weighted by Crippen LogP contribution is -2.02. The van der Waals surface area contributed by atoms with Gasteiger partial charge >= 0.3 is 0 Å². The first-order valence-corrected chi connectivity index (χ1v) is 6.93. The van der Waals surface area contributed by atoms with Crippen molar-refractivity contribution >= 4 is 33.1 Å². The second-order valence-electron chi connectivity index (χ2n) is 4.00. The van der Waals surface area contributed by atoms with Gasteiger partial charge in [-0.25, -0.2) is 0 Å². The molecule has 0 aliphatic carbocycles. The predicted molar refractivity (Wildman–Crippen MR) is 83.8 cm³/mol. The van der Waals surface area contributed by atoms with Gasteiger partial charge in [0, 0.05) is 11.8 Å². The highest BCUT2D eigenvalue weighted by Crippen LogP contribution is 2.30. The summed E-state index contributed by atoms with van der Waals surface area (Å²) >= 11 is 3.41. The Kier molecular flexibility index (Phi) is 4.68. The van der Waals surface area contributed by atoms with Gasteiger partial charge in [-0.15, -0.1) is 0 Å². The fourth-order valence-corrected chi connectivity index (χ4v) is 2.07. The summed E-state index contributed by atoms with van der Waals surface area (Å²) in [5.41, 5.74) is 7.18. The number of hydrogen-bond acceptors (Lipinski definition) is 5. The number of methoxy groups -OCH3 is 1. The molecule has 0 spiro atoms. The summed E-state index contributed by atoms with van der Waals surface area (Å²) < 4.78 is 11.5. The van der Waals surface area contributed by atoms with Crippen molar-refractivity contribution in [1.82, 2.24) is 4.98 Å². The van der Waals surface area contributed by atoms with E-state index in [4.69, 9.17) is 15.2 Å². The van der Waals surface area contributed by atoms with Crippen molar-refractivity contribution in [3.05, 3.63) is 34.8 Å². The topological polar surface area (TPSA) is 69.4 Å². The van der Waals surface area contributed by atoms with Crippen molar-refractivity contribution in [3.8, 4) is 11.6 Å². The monoisotopic (exact) mass is 337 g/mol. The van der Waals surface area contributed by atoms with Gasteiger partial charge in [-0.1, -0.05) is 0 Å². The summed E-state index contributed by atoms with van der Waals surface area (Å²) in [6.07, 6.45) is 0. The molecule has 0 fully saturated rings. The van der Waals surface area contributed by atoms with Crippen LogP contribution in [-0.4, -0.2) is 18.7 Å². The van der Waals surface area contributed by atoms with Gasteiger partial charge in [0.2, 0.25) is 5.88 Å². The number of rotatable bonds is 5. The van der Waals surface area contributed by atoms with Gasteiger partial charge in [-0.05, 0) is 47.1 Å². The number of pyridine rings is 1. The first kappa shape index (κ1) is 14.5. The van der Waals surface area contributed by atoms with Gasteiger partial charge in [0.25, 0.3) is 0 Å². The van der Waals surface area contributed by atoms with Crippen LogP contribution < -0.4 is 20.5 Å². The molecule has 0 saturated heterocycles. The lowest BCUT2D eigenvalue weighted by molar-refractivity contribution is 0.329. The van der Waals surface area contributed by atoms with Crippen LogP contribution in [0.4, 0.5) is 17.2 Å². The van der Waals surface area contributed by atoms with Crippen molar-refractivity contribution in [2.75, 3.05) is 24.8 Å². The number of hydrogen-bond donors (Lipinski definition) is 2. The average Bonchev–Trinajstić information content (AvgIpc) is 2.45. The Balaban J connectivity index is 2.23. The minimum Gasteiger partial charge on any atom is -0.495 e. The van der Waals surface area contributed by atoms with Gasteiger partial charge in [-0.2, -0.15) is 4.98 Å². The molecule has 1 heterocycles. The van der Waals surface area contributed by atoms with E-state index in [1.54, 1.807) is 19.2 Å². The van der Waals surface area contributed by atoms with Crippen molar-refractivity contribution in [3.63, 3.8) is 0 Å². The van der Waals surface area contributed by atoms with E-state index in [9.17, 15) is 0 Å². The molecule has 6 heteroatoms. The second kappa shape index (κ2) is 6.47. The highest BCUT2D eigenvalue weighted by atomic mass is 79.9. The van der Waals surface area contributed by atoms with Crippen LogP contribution in [0.1, 0.15) is 6.92 Å². The molecule has 0 radical (unpaired) electrons. The maximum atomic E-state index is 5.79. The van der Waals surface area contributed by atoms with Gasteiger partial charge in [-0.3, -0.25) is 0 Å². The molecule has 106 valence electrons. The van der Waals surface area contributed by atoms with Crippen LogP contribution in [-0.2, 0) is 0 Å². The highest BCUT2D eigenvalue weighted by molar-refractivity contribution is 9.10. The van der Waals surface area contributed by atoms with Crippen LogP contribution in [0.3, 0.4) is 0 Å². The predicted octanol–water partition coefficient (Wildman–Crippen LogP) is 3.58. The number of nitrogens with zero attached hydrogens (tertiary/aromatic N) is 1. The van der Waals surface area contributed by atoms with E-state index in [1.807, 2.05) is 25.1 Å². The number of benzene rings is 1. The van der Waals surface area contributed by atoms with Crippen molar-refractivity contribution in [1.29, 1.82) is 0 Å². The Bertz CT molecular complexity index is 605. The molecular weight excluding hydrogens is 322 g/mol. The molecule has 20 heavy (non-hydrogen) atoms. The Morgan fingerprint density at radius 3 is 2.80 bits per heavy atom. The van der Waals surface area contributed by atoms with E-state index in [-0.39, 0.29) is 0 Å². The molecule has 3 N–H and O–H groups in total. The largest absolute Gasteiger partial charge is 0.495 e. The van der Waals surface area contributed by atoms with Gasteiger partial charge < -0.3 is 20.5 Å². The summed E-state index contributed by atoms with van der Waals surface area (Å²) in [5.74, 6) is 1.84. The third kappa shape index (κ3) is 3.33. The molecule has 0 unspecified atom stereocenters. The smallest absolute Gasteiger partial charge is 0.239 e. The van der Waals surface area contributed by atoms with Crippen LogP contribution in [0.2, 0.25) is 0 Å². The number of nitrogens with two attached hydrogens (primary N) is 1. The van der Waals surface area contributed by atoms with E-state index in [0.29, 0.717) is 24.0 Å². The molecule has 0 aliphatic heterocycles. The van der Waals surface area contributed by atoms with Crippen LogP contribution in [0, 0.1) is 0 Å². The number of ether oxygens (including phenoxy) is 2. The van der Waals surface area contributed by atoms with E-state index in [1.165, 1.54) is 0 Å². The Morgan fingerprint density at radius 1 is 1.30 bits per heavy atom. The third-order valence-electron chi connectivity index (χ3n) is 2.59. The first-order valence-electron chi connectivity index (χ1n) is 6.14. The lowest BCUT2D eigenvalue weighted by Gasteiger charge is -2.11. The molecule has 1 aromatic carbocycles. The van der Waals surface area contributed by atoms with Gasteiger partial charge in [0.05, 0.1) is 23.9 Å². The van der Waals surface area contributed by atoms with Crippen LogP contribution in [0.5, 0.6) is 11.6 Å². The Labute approximate surface area is 126 Å². The average molecular weight is 338 g/mol. The minimum atomic E-state index is 0.432. The SMILES string of the molecule is CCOc1nc(Nc2ccc(Br)c(OC)c2)ccc1N. The van der Waals surface area contributed by atoms with E-state index in [2.05, 4.69) is 26.2 Å². The zero-order valence-corrected chi connectivity index (χ0v) is 12.9. The number of nitrogens with one attached hydrogen (secondary N) is 1. The molecule has 0 bridgehead atoms. The number of halogens is 1. The quantitative estimate of drug-likeness (QED) is 0.872. The van der Waals surface area contributed by atoms with Gasteiger partial charge in [0.1, 0.15) is 11.6 Å². The zero-order chi connectivity index (χ0) is 14.5. The summed E-state index contributed by atoms with van der Waals surface area (Å²) in [7, 11) is 1.62. The summed E-state index contributed by atoms with van der Waals surface area (Å²) in [6.45, 7) is 2.41. The molecule has 0 aliphatic rings. The maximum Gasteiger partial charge on any atom is 0.239 e. The molecule has 5 nitrogen and oxygen atoms in total. The lowest BCUT2D eigenvalue weighted by atomic mass is 10.3. The number of anilines is 3. The minimum absolute atomic E-state index is 0.432. The fourth-order valence-electron chi connectivity index (χ4n) is 1.66. The second-order valence-corrected chi connectivity index (χ2v) is 4.85.